The number of halogens is 3. The van der Waals surface area contributed by atoms with E-state index in [0.29, 0.717) is 30.1 Å². The summed E-state index contributed by atoms with van der Waals surface area (Å²) >= 11 is 17.8. The van der Waals surface area contributed by atoms with Crippen molar-refractivity contribution in [1.82, 2.24) is 4.31 Å². The van der Waals surface area contributed by atoms with Crippen LogP contribution in [0.3, 0.4) is 0 Å². The summed E-state index contributed by atoms with van der Waals surface area (Å²) in [6.07, 6.45) is 1.19. The third kappa shape index (κ3) is 4.76. The summed E-state index contributed by atoms with van der Waals surface area (Å²) in [5.41, 5.74) is 0.613. The summed E-state index contributed by atoms with van der Waals surface area (Å²) in [5.74, 6) is -0.684. The van der Waals surface area contributed by atoms with Crippen molar-refractivity contribution in [3.8, 4) is 0 Å². The van der Waals surface area contributed by atoms with Gasteiger partial charge in [-0.25, -0.2) is 8.42 Å². The molecule has 1 amide bonds. The normalized spacial score (nSPS) is 18.3. The molecule has 0 radical (unpaired) electrons. The Morgan fingerprint density at radius 2 is 1.70 bits per heavy atom. The third-order valence-electron chi connectivity index (χ3n) is 4.38. The Balaban J connectivity index is 1.76. The van der Waals surface area contributed by atoms with Gasteiger partial charge in [-0.3, -0.25) is 4.79 Å². The van der Waals surface area contributed by atoms with Crippen LogP contribution in [-0.2, 0) is 14.8 Å². The summed E-state index contributed by atoms with van der Waals surface area (Å²) in [7, 11) is -3.84. The molecule has 1 heterocycles. The Kier molecular flexibility index (Phi) is 6.33. The maximum absolute atomic E-state index is 13.0. The summed E-state index contributed by atoms with van der Waals surface area (Å²) in [6.45, 7) is 0.417. The van der Waals surface area contributed by atoms with Crippen LogP contribution < -0.4 is 5.32 Å². The number of sulfonamides is 1. The lowest BCUT2D eigenvalue weighted by Crippen LogP contribution is -2.43. The van der Waals surface area contributed by atoms with Crippen molar-refractivity contribution < 1.29 is 13.2 Å². The minimum Gasteiger partial charge on any atom is -0.326 e. The van der Waals surface area contributed by atoms with Gasteiger partial charge < -0.3 is 5.32 Å². The van der Waals surface area contributed by atoms with E-state index in [1.54, 1.807) is 24.3 Å². The lowest BCUT2D eigenvalue weighted by molar-refractivity contribution is -0.120. The van der Waals surface area contributed by atoms with Crippen LogP contribution in [0.25, 0.3) is 0 Å². The zero-order valence-corrected chi connectivity index (χ0v) is 17.2. The third-order valence-corrected chi connectivity index (χ3v) is 7.21. The lowest BCUT2D eigenvalue weighted by atomic mass is 9.99. The summed E-state index contributed by atoms with van der Waals surface area (Å²) in [4.78, 5) is 12.5. The minimum atomic E-state index is -3.84. The molecule has 0 aliphatic carbocycles. The van der Waals surface area contributed by atoms with Gasteiger partial charge in [0, 0.05) is 28.8 Å². The van der Waals surface area contributed by atoms with Crippen LogP contribution in [0.4, 0.5) is 5.69 Å². The number of amides is 1. The van der Waals surface area contributed by atoms with E-state index < -0.39 is 15.9 Å². The van der Waals surface area contributed by atoms with E-state index in [9.17, 15) is 13.2 Å². The maximum Gasteiger partial charge on any atom is 0.244 e. The first kappa shape index (κ1) is 20.4. The standard InChI is InChI=1S/C18H17Cl3N2O3S/c19-13-3-6-15(7-4-13)22-18(24)12-2-1-9-23(11-12)27(25,26)17-10-14(20)5-8-16(17)21/h3-8,10,12H,1-2,9,11H2,(H,22,24)/t12-/m0/s1. The van der Waals surface area contributed by atoms with Gasteiger partial charge in [-0.2, -0.15) is 4.31 Å². The number of nitrogens with zero attached hydrogens (tertiary/aromatic N) is 1. The molecule has 2 aromatic rings. The van der Waals surface area contributed by atoms with Gasteiger partial charge in [-0.1, -0.05) is 34.8 Å². The number of carbonyl (C=O) groups is 1. The molecule has 9 heteroatoms. The zero-order chi connectivity index (χ0) is 19.6. The molecule has 0 unspecified atom stereocenters. The van der Waals surface area contributed by atoms with Crippen LogP contribution in [0.2, 0.25) is 15.1 Å². The van der Waals surface area contributed by atoms with Gasteiger partial charge >= 0.3 is 0 Å². The van der Waals surface area contributed by atoms with Crippen molar-refractivity contribution in [2.24, 2.45) is 5.92 Å². The van der Waals surface area contributed by atoms with Gasteiger partial charge in [-0.15, -0.1) is 0 Å². The highest BCUT2D eigenvalue weighted by atomic mass is 35.5. The molecule has 2 aromatic carbocycles. The quantitative estimate of drug-likeness (QED) is 0.739. The fraction of sp³-hybridized carbons (Fsp3) is 0.278. The van der Waals surface area contributed by atoms with Crippen LogP contribution in [-0.4, -0.2) is 31.7 Å². The Hall–Kier alpha value is -1.31. The molecule has 5 nitrogen and oxygen atoms in total. The van der Waals surface area contributed by atoms with E-state index in [2.05, 4.69) is 5.32 Å². The first-order valence-electron chi connectivity index (χ1n) is 8.29. The summed E-state index contributed by atoms with van der Waals surface area (Å²) in [6, 6.07) is 11.1. The average molecular weight is 448 g/mol. The highest BCUT2D eigenvalue weighted by Gasteiger charge is 2.34. The summed E-state index contributed by atoms with van der Waals surface area (Å²) < 4.78 is 27.2. The van der Waals surface area contributed by atoms with Gasteiger partial charge in [0.1, 0.15) is 4.90 Å². The van der Waals surface area contributed by atoms with E-state index in [4.69, 9.17) is 34.8 Å². The zero-order valence-electron chi connectivity index (χ0n) is 14.2. The van der Waals surface area contributed by atoms with Crippen molar-refractivity contribution in [3.05, 3.63) is 57.5 Å². The van der Waals surface area contributed by atoms with Crippen molar-refractivity contribution in [1.29, 1.82) is 0 Å². The van der Waals surface area contributed by atoms with Gasteiger partial charge in [0.2, 0.25) is 15.9 Å². The molecule has 0 saturated carbocycles. The molecule has 3 rings (SSSR count). The average Bonchev–Trinajstić information content (AvgIpc) is 2.65. The second-order valence-corrected chi connectivity index (χ2v) is 9.46. The van der Waals surface area contributed by atoms with Crippen LogP contribution in [0.5, 0.6) is 0 Å². The molecule has 0 bridgehead atoms. The highest BCUT2D eigenvalue weighted by molar-refractivity contribution is 7.89. The largest absolute Gasteiger partial charge is 0.326 e. The molecule has 1 aliphatic rings. The number of benzene rings is 2. The van der Waals surface area contributed by atoms with E-state index in [0.717, 1.165) is 0 Å². The predicted molar refractivity (Wildman–Crippen MR) is 108 cm³/mol. The Bertz CT molecular complexity index is 949. The second kappa shape index (κ2) is 8.37. The van der Waals surface area contributed by atoms with Crippen LogP contribution in [0.15, 0.2) is 47.4 Å². The number of nitrogens with one attached hydrogen (secondary N) is 1. The molecule has 1 aliphatic heterocycles. The van der Waals surface area contributed by atoms with Crippen LogP contribution >= 0.6 is 34.8 Å². The molecule has 27 heavy (non-hydrogen) atoms. The molecule has 0 spiro atoms. The second-order valence-electron chi connectivity index (χ2n) is 6.27. The number of rotatable bonds is 4. The number of anilines is 1. The molecular formula is C18H17Cl3N2O3S. The van der Waals surface area contributed by atoms with Crippen molar-refractivity contribution in [2.45, 2.75) is 17.7 Å². The van der Waals surface area contributed by atoms with E-state index in [-0.39, 0.29) is 27.4 Å². The van der Waals surface area contributed by atoms with Crippen molar-refractivity contribution >= 4 is 56.4 Å². The fourth-order valence-electron chi connectivity index (χ4n) is 2.97. The lowest BCUT2D eigenvalue weighted by Gasteiger charge is -2.31. The van der Waals surface area contributed by atoms with Crippen molar-refractivity contribution in [3.63, 3.8) is 0 Å². The number of piperidine rings is 1. The highest BCUT2D eigenvalue weighted by Crippen LogP contribution is 2.30. The molecule has 1 fully saturated rings. The topological polar surface area (TPSA) is 66.5 Å². The smallest absolute Gasteiger partial charge is 0.244 e. The van der Waals surface area contributed by atoms with Gasteiger partial charge in [0.05, 0.1) is 10.9 Å². The Morgan fingerprint density at radius 3 is 2.41 bits per heavy atom. The van der Waals surface area contributed by atoms with E-state index >= 15 is 0 Å². The first-order valence-corrected chi connectivity index (χ1v) is 10.9. The maximum atomic E-state index is 13.0. The fourth-order valence-corrected chi connectivity index (χ4v) is 5.35. The van der Waals surface area contributed by atoms with Gasteiger partial charge in [0.25, 0.3) is 0 Å². The van der Waals surface area contributed by atoms with E-state index in [1.807, 2.05) is 0 Å². The first-order chi connectivity index (χ1) is 12.8. The monoisotopic (exact) mass is 446 g/mol. The summed E-state index contributed by atoms with van der Waals surface area (Å²) in [5, 5.41) is 3.76. The van der Waals surface area contributed by atoms with Gasteiger partial charge in [0.15, 0.2) is 0 Å². The van der Waals surface area contributed by atoms with Gasteiger partial charge in [-0.05, 0) is 55.3 Å². The molecular weight excluding hydrogens is 431 g/mol. The number of hydrogen-bond donors (Lipinski definition) is 1. The molecule has 1 N–H and O–H groups in total. The Labute approximate surface area is 173 Å². The predicted octanol–water partition coefficient (Wildman–Crippen LogP) is 4.69. The SMILES string of the molecule is O=C(Nc1ccc(Cl)cc1)[C@H]1CCCN(S(=O)(=O)c2cc(Cl)ccc2Cl)C1. The molecule has 1 saturated heterocycles. The van der Waals surface area contributed by atoms with Crippen LogP contribution in [0, 0.1) is 5.92 Å². The molecule has 144 valence electrons. The number of hydrogen-bond acceptors (Lipinski definition) is 3. The molecule has 1 atom stereocenters. The minimum absolute atomic E-state index is 0.0459. The molecule has 0 aromatic heterocycles. The van der Waals surface area contributed by atoms with Crippen LogP contribution in [0.1, 0.15) is 12.8 Å². The van der Waals surface area contributed by atoms with E-state index in [1.165, 1.54) is 22.5 Å². The van der Waals surface area contributed by atoms with Crippen molar-refractivity contribution in [2.75, 3.05) is 18.4 Å². The Morgan fingerprint density at radius 1 is 1.04 bits per heavy atom. The number of carbonyl (C=O) groups excluding carboxylic acids is 1.